The molecule has 0 aromatic carbocycles. The molecule has 2 nitrogen and oxygen atoms in total. The van der Waals surface area contributed by atoms with Crippen molar-refractivity contribution in [3.05, 3.63) is 23.3 Å². The predicted octanol–water partition coefficient (Wildman–Crippen LogP) is 3.38. The van der Waals surface area contributed by atoms with Crippen molar-refractivity contribution in [2.75, 3.05) is 0 Å². The Bertz CT molecular complexity index is 432. The van der Waals surface area contributed by atoms with Crippen LogP contribution < -0.4 is 0 Å². The molecule has 0 amide bonds. The molecule has 2 heteroatoms. The van der Waals surface area contributed by atoms with Crippen molar-refractivity contribution >= 4 is 5.97 Å². The Morgan fingerprint density at radius 3 is 2.94 bits per heavy atom. The molecular weight excluding hydrogens is 212 g/mol. The zero-order valence-corrected chi connectivity index (χ0v) is 10.7. The van der Waals surface area contributed by atoms with Crippen molar-refractivity contribution in [1.82, 2.24) is 0 Å². The van der Waals surface area contributed by atoms with Gasteiger partial charge in [0.25, 0.3) is 0 Å². The van der Waals surface area contributed by atoms with Crippen LogP contribution in [0.3, 0.4) is 0 Å². The molecule has 0 aromatic heterocycles. The second-order valence-corrected chi connectivity index (χ2v) is 6.10. The first-order valence-corrected chi connectivity index (χ1v) is 6.63. The first kappa shape index (κ1) is 11.1. The summed E-state index contributed by atoms with van der Waals surface area (Å²) in [6.07, 6.45) is 5.93. The molecule has 1 saturated heterocycles. The second-order valence-electron chi connectivity index (χ2n) is 6.10. The third-order valence-corrected chi connectivity index (χ3v) is 4.99. The normalized spacial score (nSPS) is 41.1. The lowest BCUT2D eigenvalue weighted by atomic mass is 9.60. The third kappa shape index (κ3) is 1.42. The molecule has 92 valence electrons. The van der Waals surface area contributed by atoms with Gasteiger partial charge in [0.05, 0.1) is 0 Å². The van der Waals surface area contributed by atoms with Gasteiger partial charge in [-0.05, 0) is 50.0 Å². The van der Waals surface area contributed by atoms with E-state index in [0.717, 1.165) is 12.8 Å². The van der Waals surface area contributed by atoms with Gasteiger partial charge in [0, 0.05) is 11.5 Å². The van der Waals surface area contributed by atoms with Gasteiger partial charge in [-0.15, -0.1) is 0 Å². The van der Waals surface area contributed by atoms with Crippen LogP contribution in [-0.4, -0.2) is 12.1 Å². The number of hydrogen-bond donors (Lipinski definition) is 0. The number of esters is 1. The van der Waals surface area contributed by atoms with Gasteiger partial charge in [0.15, 0.2) is 0 Å². The number of rotatable bonds is 0. The largest absolute Gasteiger partial charge is 0.454 e. The number of ether oxygens (including phenoxy) is 1. The molecule has 3 atom stereocenters. The first-order valence-electron chi connectivity index (χ1n) is 6.63. The fraction of sp³-hybridized carbons (Fsp3) is 0.667. The van der Waals surface area contributed by atoms with Crippen LogP contribution in [0.5, 0.6) is 0 Å². The van der Waals surface area contributed by atoms with Crippen LogP contribution in [0.25, 0.3) is 0 Å². The molecule has 1 heterocycles. The zero-order chi connectivity index (χ0) is 12.2. The maximum absolute atomic E-state index is 11.7. The lowest BCUT2D eigenvalue weighted by Gasteiger charge is -2.45. The number of hydrogen-bond acceptors (Lipinski definition) is 2. The first-order chi connectivity index (χ1) is 8.03. The summed E-state index contributed by atoms with van der Waals surface area (Å²) in [5.41, 5.74) is 3.85. The van der Waals surface area contributed by atoms with Gasteiger partial charge in [0.2, 0.25) is 0 Å². The molecule has 0 N–H and O–H groups in total. The molecule has 1 saturated carbocycles. The van der Waals surface area contributed by atoms with E-state index in [9.17, 15) is 4.79 Å². The van der Waals surface area contributed by atoms with E-state index in [1.807, 2.05) is 0 Å². The maximum atomic E-state index is 11.7. The molecule has 0 spiro atoms. The fourth-order valence-corrected chi connectivity index (χ4v) is 4.04. The number of carbonyl (C=O) groups is 1. The van der Waals surface area contributed by atoms with Gasteiger partial charge in [-0.25, -0.2) is 4.79 Å². The quantitative estimate of drug-likeness (QED) is 0.363. The Morgan fingerprint density at radius 2 is 2.18 bits per heavy atom. The van der Waals surface area contributed by atoms with Crippen molar-refractivity contribution in [2.24, 2.45) is 11.3 Å². The van der Waals surface area contributed by atoms with E-state index in [-0.39, 0.29) is 23.4 Å². The Morgan fingerprint density at radius 1 is 1.41 bits per heavy atom. The van der Waals surface area contributed by atoms with Crippen LogP contribution in [0.15, 0.2) is 23.3 Å². The molecule has 3 rings (SSSR count). The summed E-state index contributed by atoms with van der Waals surface area (Å²) < 4.78 is 5.59. The number of allylic oxidation sites excluding steroid dienone is 1. The summed E-state index contributed by atoms with van der Waals surface area (Å²) in [5.74, 6) is 0.0775. The summed E-state index contributed by atoms with van der Waals surface area (Å²) in [6.45, 7) is 8.46. The molecule has 17 heavy (non-hydrogen) atoms. The highest BCUT2D eigenvalue weighted by Crippen LogP contribution is 2.55. The van der Waals surface area contributed by atoms with Crippen molar-refractivity contribution in [3.63, 3.8) is 0 Å². The summed E-state index contributed by atoms with van der Waals surface area (Å²) in [6, 6.07) is 0. The fourth-order valence-electron chi connectivity index (χ4n) is 4.04. The highest BCUT2D eigenvalue weighted by atomic mass is 16.6. The lowest BCUT2D eigenvalue weighted by Crippen LogP contribution is -2.39. The number of carbonyl (C=O) groups excluding carboxylic acids is 1. The molecule has 0 bridgehead atoms. The van der Waals surface area contributed by atoms with Crippen molar-refractivity contribution in [1.29, 1.82) is 0 Å². The van der Waals surface area contributed by atoms with E-state index >= 15 is 0 Å². The van der Waals surface area contributed by atoms with E-state index in [2.05, 4.69) is 20.4 Å². The minimum atomic E-state index is -0.171. The van der Waals surface area contributed by atoms with E-state index in [0.29, 0.717) is 5.57 Å². The van der Waals surface area contributed by atoms with Gasteiger partial charge in [-0.1, -0.05) is 19.1 Å². The van der Waals surface area contributed by atoms with Crippen LogP contribution in [0.4, 0.5) is 0 Å². The molecule has 1 aliphatic heterocycles. The Labute approximate surface area is 103 Å². The van der Waals surface area contributed by atoms with E-state index in [1.54, 1.807) is 0 Å². The topological polar surface area (TPSA) is 26.3 Å². The molecular formula is C15H20O2. The lowest BCUT2D eigenvalue weighted by molar-refractivity contribution is -0.138. The molecule has 1 unspecified atom stereocenters. The summed E-state index contributed by atoms with van der Waals surface area (Å²) in [7, 11) is 0. The Balaban J connectivity index is 2.06. The van der Waals surface area contributed by atoms with E-state index in [4.69, 9.17) is 4.74 Å². The van der Waals surface area contributed by atoms with Gasteiger partial charge in [0.1, 0.15) is 6.10 Å². The highest BCUT2D eigenvalue weighted by Gasteiger charge is 2.51. The molecule has 0 radical (unpaired) electrons. The average molecular weight is 232 g/mol. The van der Waals surface area contributed by atoms with Gasteiger partial charge < -0.3 is 4.74 Å². The summed E-state index contributed by atoms with van der Waals surface area (Å²) in [5, 5.41) is 0. The Hall–Kier alpha value is -1.05. The van der Waals surface area contributed by atoms with Gasteiger partial charge in [-0.2, -0.15) is 0 Å². The van der Waals surface area contributed by atoms with Crippen LogP contribution >= 0.6 is 0 Å². The molecule has 0 aromatic rings. The molecule has 2 fully saturated rings. The van der Waals surface area contributed by atoms with Crippen LogP contribution in [-0.2, 0) is 9.53 Å². The zero-order valence-electron chi connectivity index (χ0n) is 10.7. The molecule has 2 aliphatic carbocycles. The highest BCUT2D eigenvalue weighted by molar-refractivity contribution is 5.91. The minimum Gasteiger partial charge on any atom is -0.454 e. The maximum Gasteiger partial charge on any atom is 0.334 e. The monoisotopic (exact) mass is 232 g/mol. The van der Waals surface area contributed by atoms with E-state index < -0.39 is 0 Å². The minimum absolute atomic E-state index is 0.00838. The van der Waals surface area contributed by atoms with Crippen molar-refractivity contribution in [3.8, 4) is 0 Å². The summed E-state index contributed by atoms with van der Waals surface area (Å²) >= 11 is 0. The van der Waals surface area contributed by atoms with Crippen LogP contribution in [0.2, 0.25) is 0 Å². The smallest absolute Gasteiger partial charge is 0.334 e. The van der Waals surface area contributed by atoms with Gasteiger partial charge >= 0.3 is 5.97 Å². The number of fused-ring (bicyclic) bond motifs is 3. The van der Waals surface area contributed by atoms with E-state index in [1.165, 1.54) is 30.4 Å². The second kappa shape index (κ2) is 3.47. The SMILES string of the molecule is C=C1C(=O)O[C@H]2C3=C(C)CCC[C@]3(C)CCC12. The average Bonchev–Trinajstić information content (AvgIpc) is 2.54. The van der Waals surface area contributed by atoms with Crippen molar-refractivity contribution < 1.29 is 9.53 Å². The standard InChI is InChI=1S/C15H20O2/c1-9-5-4-7-15(3)8-6-11-10(2)14(16)17-13(11)12(9)15/h11,13H,2,4-8H2,1,3H3/t11?,13-,15-/m1/s1. The Kier molecular flexibility index (Phi) is 2.26. The van der Waals surface area contributed by atoms with Crippen molar-refractivity contribution in [2.45, 2.75) is 52.1 Å². The molecule has 3 aliphatic rings. The summed E-state index contributed by atoms with van der Waals surface area (Å²) in [4.78, 5) is 11.7. The van der Waals surface area contributed by atoms with Crippen LogP contribution in [0, 0.1) is 11.3 Å². The predicted molar refractivity (Wildman–Crippen MR) is 66.4 cm³/mol. The van der Waals surface area contributed by atoms with Crippen LogP contribution in [0.1, 0.15) is 46.0 Å². The third-order valence-electron chi connectivity index (χ3n) is 4.99. The van der Waals surface area contributed by atoms with Gasteiger partial charge in [-0.3, -0.25) is 0 Å².